The number of carbonyl (C=O) groups excluding carboxylic acids is 2. The second-order valence-electron chi connectivity index (χ2n) is 8.37. The predicted octanol–water partition coefficient (Wildman–Crippen LogP) is 1.99. The molecule has 0 aromatic heterocycles. The largest absolute Gasteiger partial charge is 0.394 e. The van der Waals surface area contributed by atoms with Crippen molar-refractivity contribution in [3.8, 4) is 0 Å². The normalized spacial score (nSPS) is 17.0. The van der Waals surface area contributed by atoms with E-state index in [4.69, 9.17) is 0 Å². The van der Waals surface area contributed by atoms with Crippen LogP contribution in [-0.4, -0.2) is 47.3 Å². The van der Waals surface area contributed by atoms with Crippen LogP contribution in [0.1, 0.15) is 36.8 Å². The Balaban J connectivity index is 1.67. The Hall–Kier alpha value is -2.70. The number of hydrogen-bond donors (Lipinski definition) is 4. The van der Waals surface area contributed by atoms with Crippen molar-refractivity contribution in [1.29, 1.82) is 0 Å². The zero-order chi connectivity index (χ0) is 22.1. The van der Waals surface area contributed by atoms with E-state index >= 15 is 0 Å². The maximum absolute atomic E-state index is 13.3. The zero-order valence-electron chi connectivity index (χ0n) is 17.8. The average molecular weight is 425 g/mol. The van der Waals surface area contributed by atoms with Crippen molar-refractivity contribution in [1.82, 2.24) is 10.6 Å². The van der Waals surface area contributed by atoms with E-state index in [0.717, 1.165) is 24.0 Å². The molecule has 2 amide bonds. The minimum atomic E-state index is -1.16. The van der Waals surface area contributed by atoms with Crippen LogP contribution in [0.4, 0.5) is 0 Å². The van der Waals surface area contributed by atoms with Gasteiger partial charge in [-0.05, 0) is 36.8 Å². The standard InChI is InChI=1S/C25H32N2O4/c28-17-21(15-19-9-3-1-4-10-19)26-23(30)25(13-7-8-14-25)24(31)27-22(18-29)16-20-11-5-2-6-12-20/h1-6,9-12,21-22,28-29H,7-8,13-18H2,(H,26,30)(H,27,31)/t21-,22-/m1/s1. The lowest BCUT2D eigenvalue weighted by atomic mass is 9.83. The SMILES string of the molecule is O=C(N[C@@H](CO)Cc1ccccc1)C1(C(=O)N[C@@H](CO)Cc2ccccc2)CCCC1. The second kappa shape index (κ2) is 11.1. The van der Waals surface area contributed by atoms with E-state index in [1.165, 1.54) is 0 Å². The third-order valence-corrected chi connectivity index (χ3v) is 6.09. The lowest BCUT2D eigenvalue weighted by molar-refractivity contribution is -0.144. The fraction of sp³-hybridized carbons (Fsp3) is 0.440. The Labute approximate surface area is 183 Å². The van der Waals surface area contributed by atoms with Crippen molar-refractivity contribution in [3.05, 3.63) is 71.8 Å². The first-order valence-electron chi connectivity index (χ1n) is 11.0. The maximum Gasteiger partial charge on any atom is 0.236 e. The number of aliphatic hydroxyl groups is 2. The van der Waals surface area contributed by atoms with Crippen LogP contribution in [0.25, 0.3) is 0 Å². The quantitative estimate of drug-likeness (QED) is 0.439. The summed E-state index contributed by atoms with van der Waals surface area (Å²) in [5.74, 6) is -0.678. The fourth-order valence-corrected chi connectivity index (χ4v) is 4.30. The van der Waals surface area contributed by atoms with Crippen molar-refractivity contribution < 1.29 is 19.8 Å². The third-order valence-electron chi connectivity index (χ3n) is 6.09. The Morgan fingerprint density at radius 1 is 0.742 bits per heavy atom. The highest BCUT2D eigenvalue weighted by Crippen LogP contribution is 2.39. The van der Waals surface area contributed by atoms with Gasteiger partial charge in [0.15, 0.2) is 0 Å². The summed E-state index contributed by atoms with van der Waals surface area (Å²) in [6.45, 7) is -0.406. The van der Waals surface area contributed by atoms with E-state index in [1.807, 2.05) is 60.7 Å². The molecule has 2 aromatic carbocycles. The second-order valence-corrected chi connectivity index (χ2v) is 8.37. The number of benzene rings is 2. The summed E-state index contributed by atoms with van der Waals surface area (Å²) in [5, 5.41) is 25.4. The molecule has 0 unspecified atom stereocenters. The lowest BCUT2D eigenvalue weighted by Gasteiger charge is -2.30. The number of carbonyl (C=O) groups is 2. The molecule has 2 aromatic rings. The number of amides is 2. The van der Waals surface area contributed by atoms with Crippen molar-refractivity contribution in [2.24, 2.45) is 5.41 Å². The van der Waals surface area contributed by atoms with Gasteiger partial charge < -0.3 is 20.8 Å². The molecule has 1 fully saturated rings. The Morgan fingerprint density at radius 3 is 1.48 bits per heavy atom. The van der Waals surface area contributed by atoms with E-state index in [9.17, 15) is 19.8 Å². The monoisotopic (exact) mass is 424 g/mol. The Bertz CT molecular complexity index is 770. The molecule has 31 heavy (non-hydrogen) atoms. The van der Waals surface area contributed by atoms with Crippen LogP contribution in [0.15, 0.2) is 60.7 Å². The topological polar surface area (TPSA) is 98.7 Å². The number of rotatable bonds is 10. The van der Waals surface area contributed by atoms with Crippen molar-refractivity contribution in [2.75, 3.05) is 13.2 Å². The highest BCUT2D eigenvalue weighted by Gasteiger charge is 2.48. The van der Waals surface area contributed by atoms with Gasteiger partial charge in [0.2, 0.25) is 11.8 Å². The van der Waals surface area contributed by atoms with Crippen LogP contribution in [0.3, 0.4) is 0 Å². The highest BCUT2D eigenvalue weighted by atomic mass is 16.3. The average Bonchev–Trinajstić information content (AvgIpc) is 3.31. The van der Waals surface area contributed by atoms with Gasteiger partial charge in [-0.1, -0.05) is 73.5 Å². The summed E-state index contributed by atoms with van der Waals surface area (Å²) in [5.41, 5.74) is 0.860. The van der Waals surface area contributed by atoms with Crippen LogP contribution in [0.5, 0.6) is 0 Å². The van der Waals surface area contributed by atoms with Crippen LogP contribution in [0, 0.1) is 5.41 Å². The molecule has 0 spiro atoms. The van der Waals surface area contributed by atoms with Crippen LogP contribution < -0.4 is 10.6 Å². The van der Waals surface area contributed by atoms with Crippen molar-refractivity contribution >= 4 is 11.8 Å². The van der Waals surface area contributed by atoms with Gasteiger partial charge in [-0.15, -0.1) is 0 Å². The van der Waals surface area contributed by atoms with Crippen LogP contribution in [-0.2, 0) is 22.4 Å². The van der Waals surface area contributed by atoms with Crippen molar-refractivity contribution in [3.63, 3.8) is 0 Å². The molecule has 0 radical (unpaired) electrons. The van der Waals surface area contributed by atoms with Crippen LogP contribution >= 0.6 is 0 Å². The van der Waals surface area contributed by atoms with Crippen molar-refractivity contribution in [2.45, 2.75) is 50.6 Å². The van der Waals surface area contributed by atoms with E-state index in [2.05, 4.69) is 10.6 Å². The highest BCUT2D eigenvalue weighted by molar-refractivity contribution is 6.05. The summed E-state index contributed by atoms with van der Waals surface area (Å²) < 4.78 is 0. The molecule has 2 atom stereocenters. The minimum Gasteiger partial charge on any atom is -0.394 e. The number of nitrogens with one attached hydrogen (secondary N) is 2. The smallest absolute Gasteiger partial charge is 0.236 e. The van der Waals surface area contributed by atoms with Gasteiger partial charge in [0, 0.05) is 0 Å². The molecule has 0 aliphatic heterocycles. The van der Waals surface area contributed by atoms with Gasteiger partial charge in [-0.2, -0.15) is 0 Å². The molecule has 166 valence electrons. The van der Waals surface area contributed by atoms with Crippen LogP contribution in [0.2, 0.25) is 0 Å². The molecule has 1 saturated carbocycles. The summed E-state index contributed by atoms with van der Waals surface area (Å²) in [6, 6.07) is 18.4. The Kier molecular flexibility index (Phi) is 8.20. The summed E-state index contributed by atoms with van der Waals surface area (Å²) in [4.78, 5) is 26.5. The van der Waals surface area contributed by atoms with Gasteiger partial charge in [0.25, 0.3) is 0 Å². The van der Waals surface area contributed by atoms with Gasteiger partial charge in [0.05, 0.1) is 25.3 Å². The lowest BCUT2D eigenvalue weighted by Crippen LogP contribution is -2.55. The summed E-state index contributed by atoms with van der Waals surface area (Å²) >= 11 is 0. The number of hydrogen-bond acceptors (Lipinski definition) is 4. The van der Waals surface area contributed by atoms with E-state index in [1.54, 1.807) is 0 Å². The molecule has 0 heterocycles. The Morgan fingerprint density at radius 2 is 1.13 bits per heavy atom. The summed E-state index contributed by atoms with van der Waals surface area (Å²) in [6.07, 6.45) is 3.52. The first-order chi connectivity index (χ1) is 15.1. The molecule has 6 nitrogen and oxygen atoms in total. The first kappa shape index (κ1) is 23.0. The third kappa shape index (κ3) is 5.93. The predicted molar refractivity (Wildman–Crippen MR) is 119 cm³/mol. The zero-order valence-corrected chi connectivity index (χ0v) is 17.8. The maximum atomic E-state index is 13.3. The molecular weight excluding hydrogens is 392 g/mol. The summed E-state index contributed by atoms with van der Waals surface area (Å²) in [7, 11) is 0. The molecule has 1 aliphatic rings. The first-order valence-corrected chi connectivity index (χ1v) is 11.0. The minimum absolute atomic E-state index is 0.203. The molecule has 6 heteroatoms. The molecular formula is C25H32N2O4. The van der Waals surface area contributed by atoms with Gasteiger partial charge >= 0.3 is 0 Å². The molecule has 3 rings (SSSR count). The van der Waals surface area contributed by atoms with E-state index < -0.39 is 17.5 Å². The van der Waals surface area contributed by atoms with Gasteiger partial charge in [-0.25, -0.2) is 0 Å². The van der Waals surface area contributed by atoms with Gasteiger partial charge in [0.1, 0.15) is 5.41 Å². The molecule has 0 saturated heterocycles. The van der Waals surface area contributed by atoms with E-state index in [0.29, 0.717) is 25.7 Å². The molecule has 1 aliphatic carbocycles. The van der Waals surface area contributed by atoms with Gasteiger partial charge in [-0.3, -0.25) is 9.59 Å². The van der Waals surface area contributed by atoms with E-state index in [-0.39, 0.29) is 25.0 Å². The molecule has 4 N–H and O–H groups in total. The fourth-order valence-electron chi connectivity index (χ4n) is 4.30. The number of aliphatic hydroxyl groups excluding tert-OH is 2. The molecule has 0 bridgehead atoms.